The van der Waals surface area contributed by atoms with Crippen LogP contribution in [0, 0.1) is 5.92 Å². The molecular formula is C21H27N3O4S2. The Hall–Kier alpha value is -2.10. The number of anilines is 1. The third-order valence-electron chi connectivity index (χ3n) is 6.01. The molecule has 0 unspecified atom stereocenters. The Labute approximate surface area is 181 Å². The molecule has 4 heterocycles. The third kappa shape index (κ3) is 4.63. The molecule has 0 spiro atoms. The molecule has 3 saturated heterocycles. The summed E-state index contributed by atoms with van der Waals surface area (Å²) in [6.07, 6.45) is 2.30. The number of nitrogens with zero attached hydrogens (tertiary/aromatic N) is 1. The highest BCUT2D eigenvalue weighted by Crippen LogP contribution is 2.34. The van der Waals surface area contributed by atoms with Gasteiger partial charge < -0.3 is 10.1 Å². The molecule has 7 nitrogen and oxygen atoms in total. The lowest BCUT2D eigenvalue weighted by molar-refractivity contribution is 0.0218. The van der Waals surface area contributed by atoms with Crippen molar-refractivity contribution in [3.63, 3.8) is 0 Å². The molecule has 0 saturated carbocycles. The zero-order valence-electron chi connectivity index (χ0n) is 17.1. The molecule has 1 aromatic carbocycles. The summed E-state index contributed by atoms with van der Waals surface area (Å²) in [5, 5.41) is 3.85. The molecule has 0 aliphatic carbocycles. The van der Waals surface area contributed by atoms with Crippen LogP contribution in [0.5, 0.6) is 10.8 Å². The monoisotopic (exact) mass is 449 g/mol. The van der Waals surface area contributed by atoms with E-state index in [4.69, 9.17) is 4.74 Å². The Balaban J connectivity index is 1.36. The number of sulfonamides is 1. The minimum atomic E-state index is -3.31. The number of nitrogens with one attached hydrogen (secondary N) is 2. The largest absolute Gasteiger partial charge is 0.447 e. The Morgan fingerprint density at radius 1 is 1.17 bits per heavy atom. The molecule has 2 atom stereocenters. The fourth-order valence-corrected chi connectivity index (χ4v) is 5.64. The molecule has 3 aliphatic rings. The van der Waals surface area contributed by atoms with Gasteiger partial charge in [-0.2, -0.15) is 0 Å². The first-order chi connectivity index (χ1) is 14.3. The second kappa shape index (κ2) is 8.56. The third-order valence-corrected chi connectivity index (χ3v) is 8.28. The van der Waals surface area contributed by atoms with E-state index in [-0.39, 0.29) is 17.7 Å². The summed E-state index contributed by atoms with van der Waals surface area (Å²) in [7, 11) is -3.31. The second-order valence-corrected chi connectivity index (χ2v) is 10.9. The number of piperidine rings is 3. The summed E-state index contributed by atoms with van der Waals surface area (Å²) in [5.41, 5.74) is 0.488. The maximum absolute atomic E-state index is 12.8. The van der Waals surface area contributed by atoms with Crippen LogP contribution in [-0.2, 0) is 10.0 Å². The van der Waals surface area contributed by atoms with Gasteiger partial charge in [-0.1, -0.05) is 11.3 Å². The standard InChI is InChI=1S/C21H27N3O4S2/c1-3-30(26,27)23-16-4-6-17(7-5-16)28-19-9-8-18(29-19)21(25)22-20-14(2)24-12-10-15(20)11-13-24/h4-9,14-15,20,23H,3,10-13H2,1-2H3,(H,22,25)/t14-,20-/m0/s1. The van der Waals surface area contributed by atoms with E-state index in [9.17, 15) is 13.2 Å². The summed E-state index contributed by atoms with van der Waals surface area (Å²) in [5.74, 6) is 1.11. The first-order valence-electron chi connectivity index (χ1n) is 10.3. The van der Waals surface area contributed by atoms with E-state index in [1.54, 1.807) is 43.3 Å². The number of ether oxygens (including phenoxy) is 1. The molecule has 2 bridgehead atoms. The SMILES string of the molecule is CCS(=O)(=O)Nc1ccc(Oc2ccc(C(=O)N[C@@H]3C4CCN(CC4)[C@H]3C)s2)cc1. The fourth-order valence-electron chi connectivity index (χ4n) is 4.22. The number of hydrogen-bond acceptors (Lipinski definition) is 6. The van der Waals surface area contributed by atoms with Crippen LogP contribution in [0.2, 0.25) is 0 Å². The summed E-state index contributed by atoms with van der Waals surface area (Å²) in [6.45, 7) is 6.05. The zero-order chi connectivity index (χ0) is 21.3. The summed E-state index contributed by atoms with van der Waals surface area (Å²) in [4.78, 5) is 15.8. The summed E-state index contributed by atoms with van der Waals surface area (Å²) >= 11 is 1.30. The molecule has 1 aromatic heterocycles. The van der Waals surface area contributed by atoms with Crippen molar-refractivity contribution in [2.24, 2.45) is 5.92 Å². The number of thiophene rings is 1. The van der Waals surface area contributed by atoms with E-state index in [1.165, 1.54) is 11.3 Å². The van der Waals surface area contributed by atoms with Crippen molar-refractivity contribution in [3.8, 4) is 10.8 Å². The number of carbonyl (C=O) groups is 1. The van der Waals surface area contributed by atoms with Crippen molar-refractivity contribution >= 4 is 33.0 Å². The number of rotatable bonds is 7. The van der Waals surface area contributed by atoms with E-state index in [0.717, 1.165) is 25.9 Å². The van der Waals surface area contributed by atoms with Crippen LogP contribution < -0.4 is 14.8 Å². The molecule has 2 aromatic rings. The van der Waals surface area contributed by atoms with E-state index >= 15 is 0 Å². The molecule has 30 heavy (non-hydrogen) atoms. The van der Waals surface area contributed by atoms with E-state index in [1.807, 2.05) is 0 Å². The van der Waals surface area contributed by atoms with Gasteiger partial charge in [-0.05, 0) is 82.1 Å². The molecule has 162 valence electrons. The van der Waals surface area contributed by atoms with Gasteiger partial charge in [0, 0.05) is 17.8 Å². The predicted octanol–water partition coefficient (Wildman–Crippen LogP) is 3.51. The van der Waals surface area contributed by atoms with Crippen molar-refractivity contribution in [2.75, 3.05) is 23.6 Å². The van der Waals surface area contributed by atoms with Crippen molar-refractivity contribution in [2.45, 2.75) is 38.8 Å². The maximum atomic E-state index is 12.8. The molecule has 3 fully saturated rings. The minimum Gasteiger partial charge on any atom is -0.447 e. The van der Waals surface area contributed by atoms with Crippen LogP contribution in [0.25, 0.3) is 0 Å². The summed E-state index contributed by atoms with van der Waals surface area (Å²) in [6, 6.07) is 10.8. The van der Waals surface area contributed by atoms with Crippen molar-refractivity contribution < 1.29 is 17.9 Å². The van der Waals surface area contributed by atoms with Crippen LogP contribution in [0.4, 0.5) is 5.69 Å². The lowest BCUT2D eigenvalue weighted by Crippen LogP contribution is -2.62. The number of benzene rings is 1. The number of hydrogen-bond donors (Lipinski definition) is 2. The Kier molecular flexibility index (Phi) is 6.04. The van der Waals surface area contributed by atoms with Crippen LogP contribution in [0.1, 0.15) is 36.4 Å². The van der Waals surface area contributed by atoms with Gasteiger partial charge in [0.2, 0.25) is 10.0 Å². The van der Waals surface area contributed by atoms with Crippen molar-refractivity contribution in [1.82, 2.24) is 10.2 Å². The lowest BCUT2D eigenvalue weighted by Gasteiger charge is -2.49. The van der Waals surface area contributed by atoms with E-state index < -0.39 is 10.0 Å². The molecule has 2 N–H and O–H groups in total. The number of fused-ring (bicyclic) bond motifs is 3. The molecule has 9 heteroatoms. The van der Waals surface area contributed by atoms with Gasteiger partial charge in [0.05, 0.1) is 10.6 Å². The first kappa shape index (κ1) is 21.1. The van der Waals surface area contributed by atoms with Gasteiger partial charge >= 0.3 is 0 Å². The highest BCUT2D eigenvalue weighted by Gasteiger charge is 2.40. The Morgan fingerprint density at radius 2 is 1.87 bits per heavy atom. The highest BCUT2D eigenvalue weighted by atomic mass is 32.2. The quantitative estimate of drug-likeness (QED) is 0.675. The lowest BCUT2D eigenvalue weighted by atomic mass is 9.79. The fraction of sp³-hybridized carbons (Fsp3) is 0.476. The zero-order valence-corrected chi connectivity index (χ0v) is 18.8. The van der Waals surface area contributed by atoms with E-state index in [0.29, 0.717) is 33.3 Å². The van der Waals surface area contributed by atoms with Gasteiger partial charge in [0.15, 0.2) is 5.06 Å². The molecule has 3 aliphatic heterocycles. The van der Waals surface area contributed by atoms with Gasteiger partial charge in [0.1, 0.15) is 5.75 Å². The molecule has 0 radical (unpaired) electrons. The van der Waals surface area contributed by atoms with Crippen LogP contribution in [-0.4, -0.2) is 50.2 Å². The van der Waals surface area contributed by atoms with Crippen molar-refractivity contribution in [3.05, 3.63) is 41.3 Å². The van der Waals surface area contributed by atoms with Crippen molar-refractivity contribution in [1.29, 1.82) is 0 Å². The molecule has 1 amide bonds. The maximum Gasteiger partial charge on any atom is 0.261 e. The molecule has 5 rings (SSSR count). The Bertz CT molecular complexity index is 994. The second-order valence-electron chi connectivity index (χ2n) is 7.86. The van der Waals surface area contributed by atoms with E-state index in [2.05, 4.69) is 21.9 Å². The van der Waals surface area contributed by atoms with Gasteiger partial charge in [-0.15, -0.1) is 0 Å². The Morgan fingerprint density at radius 3 is 2.50 bits per heavy atom. The average Bonchev–Trinajstić information content (AvgIpc) is 3.21. The average molecular weight is 450 g/mol. The van der Waals surface area contributed by atoms with Gasteiger partial charge in [0.25, 0.3) is 5.91 Å². The highest BCUT2D eigenvalue weighted by molar-refractivity contribution is 7.92. The number of amides is 1. The van der Waals surface area contributed by atoms with Gasteiger partial charge in [-0.25, -0.2) is 8.42 Å². The summed E-state index contributed by atoms with van der Waals surface area (Å²) < 4.78 is 31.6. The minimum absolute atomic E-state index is 0.0176. The van der Waals surface area contributed by atoms with Crippen LogP contribution >= 0.6 is 11.3 Å². The van der Waals surface area contributed by atoms with Crippen LogP contribution in [0.3, 0.4) is 0 Å². The topological polar surface area (TPSA) is 87.7 Å². The first-order valence-corrected chi connectivity index (χ1v) is 12.7. The predicted molar refractivity (Wildman–Crippen MR) is 119 cm³/mol. The number of carbonyl (C=O) groups excluding carboxylic acids is 1. The molecular weight excluding hydrogens is 422 g/mol. The normalized spacial score (nSPS) is 25.7. The van der Waals surface area contributed by atoms with Gasteiger partial charge in [-0.3, -0.25) is 14.4 Å². The van der Waals surface area contributed by atoms with Crippen LogP contribution in [0.15, 0.2) is 36.4 Å². The smallest absolute Gasteiger partial charge is 0.261 e.